The Morgan fingerprint density at radius 2 is 2.35 bits per heavy atom. The molecular formula is C11H20N2O4. The highest BCUT2D eigenvalue weighted by atomic mass is 16.5. The molecule has 0 aromatic heterocycles. The summed E-state index contributed by atoms with van der Waals surface area (Å²) in [7, 11) is 3.24. The quantitative estimate of drug-likeness (QED) is 0.654. The highest BCUT2D eigenvalue weighted by Gasteiger charge is 2.26. The maximum atomic E-state index is 11.8. The average molecular weight is 244 g/mol. The third kappa shape index (κ3) is 4.41. The second-order valence-corrected chi connectivity index (χ2v) is 4.35. The number of carbonyl (C=O) groups is 2. The first-order valence-corrected chi connectivity index (χ1v) is 5.73. The number of aliphatic hydroxyl groups is 1. The molecular weight excluding hydrogens is 224 g/mol. The fourth-order valence-electron chi connectivity index (χ4n) is 1.90. The molecule has 1 rings (SSSR count). The van der Waals surface area contributed by atoms with Gasteiger partial charge in [0.15, 0.2) is 0 Å². The lowest BCUT2D eigenvalue weighted by Gasteiger charge is -2.22. The summed E-state index contributed by atoms with van der Waals surface area (Å²) in [5, 5.41) is 9.49. The summed E-state index contributed by atoms with van der Waals surface area (Å²) in [4.78, 5) is 26.1. The maximum Gasteiger partial charge on any atom is 0.243 e. The zero-order chi connectivity index (χ0) is 12.8. The van der Waals surface area contributed by atoms with Crippen LogP contribution in [0.15, 0.2) is 0 Å². The van der Waals surface area contributed by atoms with Gasteiger partial charge >= 0.3 is 0 Å². The number of rotatable bonds is 6. The van der Waals surface area contributed by atoms with Gasteiger partial charge in [-0.25, -0.2) is 0 Å². The highest BCUT2D eigenvalue weighted by molar-refractivity contribution is 5.97. The van der Waals surface area contributed by atoms with Gasteiger partial charge in [-0.15, -0.1) is 0 Å². The minimum absolute atomic E-state index is 0.0964. The van der Waals surface area contributed by atoms with Crippen LogP contribution in [-0.4, -0.2) is 73.2 Å². The van der Waals surface area contributed by atoms with Gasteiger partial charge in [0.2, 0.25) is 11.8 Å². The van der Waals surface area contributed by atoms with Crippen molar-refractivity contribution >= 4 is 11.8 Å². The summed E-state index contributed by atoms with van der Waals surface area (Å²) >= 11 is 0. The van der Waals surface area contributed by atoms with E-state index in [1.54, 1.807) is 11.9 Å². The number of hydrogen-bond acceptors (Lipinski definition) is 5. The zero-order valence-electron chi connectivity index (χ0n) is 10.4. The van der Waals surface area contributed by atoms with Crippen LogP contribution in [-0.2, 0) is 14.3 Å². The van der Waals surface area contributed by atoms with Crippen molar-refractivity contribution in [1.29, 1.82) is 0 Å². The number of ether oxygens (including phenoxy) is 1. The molecule has 6 nitrogen and oxygen atoms in total. The topological polar surface area (TPSA) is 70.1 Å². The number of likely N-dealkylation sites (N-methyl/N-ethyl adjacent to an activating group) is 1. The molecule has 1 unspecified atom stereocenters. The first kappa shape index (κ1) is 14.1. The van der Waals surface area contributed by atoms with Crippen molar-refractivity contribution in [3.8, 4) is 0 Å². The van der Waals surface area contributed by atoms with Gasteiger partial charge < -0.3 is 9.84 Å². The monoisotopic (exact) mass is 244 g/mol. The highest BCUT2D eigenvalue weighted by Crippen LogP contribution is 2.09. The first-order valence-electron chi connectivity index (χ1n) is 5.73. The van der Waals surface area contributed by atoms with Crippen molar-refractivity contribution in [2.45, 2.75) is 18.9 Å². The Morgan fingerprint density at radius 3 is 2.88 bits per heavy atom. The Balaban J connectivity index is 2.32. The Kier molecular flexibility index (Phi) is 5.54. The molecule has 1 atom stereocenters. The number of aliphatic hydroxyl groups excluding tert-OH is 1. The van der Waals surface area contributed by atoms with Crippen molar-refractivity contribution in [1.82, 2.24) is 9.80 Å². The van der Waals surface area contributed by atoms with E-state index in [4.69, 9.17) is 4.74 Å². The molecule has 1 heterocycles. The molecule has 2 amide bonds. The summed E-state index contributed by atoms with van der Waals surface area (Å²) in [6, 6.07) is 0. The van der Waals surface area contributed by atoms with E-state index in [2.05, 4.69) is 0 Å². The molecule has 1 N–H and O–H groups in total. The van der Waals surface area contributed by atoms with Gasteiger partial charge in [0.05, 0.1) is 19.3 Å². The molecule has 1 fully saturated rings. The van der Waals surface area contributed by atoms with E-state index in [-0.39, 0.29) is 25.0 Å². The molecule has 0 radical (unpaired) electrons. The molecule has 0 spiro atoms. The minimum atomic E-state index is -0.618. The fraction of sp³-hybridized carbons (Fsp3) is 0.818. The number of methoxy groups -OCH3 is 1. The smallest absolute Gasteiger partial charge is 0.243 e. The molecule has 0 aromatic rings. The molecule has 1 aliphatic heterocycles. The molecule has 0 aromatic carbocycles. The Bertz CT molecular complexity index is 283. The minimum Gasteiger partial charge on any atom is -0.389 e. The van der Waals surface area contributed by atoms with Crippen molar-refractivity contribution in [2.75, 3.05) is 40.4 Å². The van der Waals surface area contributed by atoms with Gasteiger partial charge in [-0.3, -0.25) is 19.4 Å². The van der Waals surface area contributed by atoms with E-state index in [1.165, 1.54) is 12.0 Å². The third-order valence-corrected chi connectivity index (χ3v) is 2.66. The normalized spacial score (nSPS) is 17.9. The largest absolute Gasteiger partial charge is 0.389 e. The molecule has 1 saturated heterocycles. The zero-order valence-corrected chi connectivity index (χ0v) is 10.4. The molecule has 0 bridgehead atoms. The summed E-state index contributed by atoms with van der Waals surface area (Å²) in [6.45, 7) is 1.25. The standard InChI is InChI=1S/C11H20N2O4/c1-12(6-9(14)8-17-2)7-11(16)13-5-3-4-10(13)15/h9,14H,3-8H2,1-2H3. The number of amides is 2. The van der Waals surface area contributed by atoms with Crippen LogP contribution in [0.5, 0.6) is 0 Å². The molecule has 6 heteroatoms. The molecule has 0 aliphatic carbocycles. The average Bonchev–Trinajstić information content (AvgIpc) is 2.64. The fourth-order valence-corrected chi connectivity index (χ4v) is 1.90. The third-order valence-electron chi connectivity index (χ3n) is 2.66. The van der Waals surface area contributed by atoms with Crippen LogP contribution in [0, 0.1) is 0 Å². The van der Waals surface area contributed by atoms with Gasteiger partial charge in [0.1, 0.15) is 0 Å². The first-order chi connectivity index (χ1) is 8.04. The van der Waals surface area contributed by atoms with E-state index in [9.17, 15) is 14.7 Å². The summed E-state index contributed by atoms with van der Waals surface area (Å²) in [5.74, 6) is -0.291. The van der Waals surface area contributed by atoms with Crippen molar-refractivity contribution in [2.24, 2.45) is 0 Å². The Labute approximate surface area is 101 Å². The van der Waals surface area contributed by atoms with Crippen molar-refractivity contribution in [3.63, 3.8) is 0 Å². The number of carbonyl (C=O) groups excluding carboxylic acids is 2. The van der Waals surface area contributed by atoms with Crippen LogP contribution in [0.3, 0.4) is 0 Å². The van der Waals surface area contributed by atoms with E-state index >= 15 is 0 Å². The van der Waals surface area contributed by atoms with E-state index < -0.39 is 6.10 Å². The summed E-state index contributed by atoms with van der Waals surface area (Å²) < 4.78 is 4.80. The number of nitrogens with zero attached hydrogens (tertiary/aromatic N) is 2. The van der Waals surface area contributed by atoms with Crippen LogP contribution in [0.25, 0.3) is 0 Å². The van der Waals surface area contributed by atoms with Gasteiger partial charge in [-0.05, 0) is 13.5 Å². The summed E-state index contributed by atoms with van der Waals surface area (Å²) in [6.07, 6.45) is 0.592. The lowest BCUT2D eigenvalue weighted by Crippen LogP contribution is -2.42. The van der Waals surface area contributed by atoms with Crippen LogP contribution >= 0.6 is 0 Å². The summed E-state index contributed by atoms with van der Waals surface area (Å²) in [5.41, 5.74) is 0. The van der Waals surface area contributed by atoms with Gasteiger partial charge in [-0.1, -0.05) is 0 Å². The van der Waals surface area contributed by atoms with Crippen LogP contribution in [0.1, 0.15) is 12.8 Å². The number of hydrogen-bond donors (Lipinski definition) is 1. The lowest BCUT2D eigenvalue weighted by molar-refractivity contribution is -0.142. The van der Waals surface area contributed by atoms with Crippen molar-refractivity contribution in [3.05, 3.63) is 0 Å². The van der Waals surface area contributed by atoms with E-state index in [0.29, 0.717) is 19.5 Å². The number of imide groups is 1. The number of likely N-dealkylation sites (tertiary alicyclic amines) is 1. The van der Waals surface area contributed by atoms with Gasteiger partial charge in [0, 0.05) is 26.6 Å². The maximum absolute atomic E-state index is 11.8. The molecule has 17 heavy (non-hydrogen) atoms. The van der Waals surface area contributed by atoms with Crippen LogP contribution in [0.2, 0.25) is 0 Å². The second kappa shape index (κ2) is 6.68. The molecule has 1 aliphatic rings. The van der Waals surface area contributed by atoms with Crippen molar-refractivity contribution < 1.29 is 19.4 Å². The van der Waals surface area contributed by atoms with Crippen LogP contribution < -0.4 is 0 Å². The SMILES string of the molecule is COCC(O)CN(C)CC(=O)N1CCCC1=O. The molecule has 0 saturated carbocycles. The van der Waals surface area contributed by atoms with E-state index in [1.807, 2.05) is 0 Å². The van der Waals surface area contributed by atoms with Gasteiger partial charge in [-0.2, -0.15) is 0 Å². The van der Waals surface area contributed by atoms with Gasteiger partial charge in [0.25, 0.3) is 0 Å². The predicted octanol–water partition coefficient (Wildman–Crippen LogP) is -0.925. The predicted molar refractivity (Wildman–Crippen MR) is 61.3 cm³/mol. The second-order valence-electron chi connectivity index (χ2n) is 4.35. The Morgan fingerprint density at radius 1 is 1.65 bits per heavy atom. The Hall–Kier alpha value is -0.980. The van der Waals surface area contributed by atoms with E-state index in [0.717, 1.165) is 6.42 Å². The molecule has 98 valence electrons. The lowest BCUT2D eigenvalue weighted by atomic mass is 10.3. The van der Waals surface area contributed by atoms with Crippen LogP contribution in [0.4, 0.5) is 0 Å².